The molecule has 0 atom stereocenters. The number of carboxylic acids is 2. The van der Waals surface area contributed by atoms with Gasteiger partial charge in [0.15, 0.2) is 0 Å². The Morgan fingerprint density at radius 2 is 1.27 bits per heavy atom. The molecule has 0 fully saturated rings. The lowest BCUT2D eigenvalue weighted by Crippen LogP contribution is -2.36. The fourth-order valence-corrected chi connectivity index (χ4v) is 3.50. The van der Waals surface area contributed by atoms with Gasteiger partial charge in [0.1, 0.15) is 57.2 Å². The fourth-order valence-electron chi connectivity index (χ4n) is 3.50. The van der Waals surface area contributed by atoms with Crippen LogP contribution in [0.15, 0.2) is 36.4 Å². The number of nitro groups is 1. The van der Waals surface area contributed by atoms with Crippen LogP contribution in [0.1, 0.15) is 10.4 Å². The number of carbonyl (C=O) groups is 5. The number of hydrogen-bond acceptors (Lipinski definition) is 13. The van der Waals surface area contributed by atoms with Crippen molar-refractivity contribution in [2.45, 2.75) is 0 Å². The lowest BCUT2D eigenvalue weighted by Gasteiger charge is -2.25. The summed E-state index contributed by atoms with van der Waals surface area (Å²) in [4.78, 5) is 70.7. The Labute approximate surface area is 232 Å². The Morgan fingerprint density at radius 3 is 1.71 bits per heavy atom. The maximum Gasteiger partial charge on any atom is 0.325 e. The van der Waals surface area contributed by atoms with Crippen LogP contribution in [0.4, 0.5) is 17.1 Å². The molecule has 0 aromatic heterocycles. The number of hydrogen-bond donors (Lipinski definition) is 2. The summed E-state index contributed by atoms with van der Waals surface area (Å²) >= 11 is 0. The summed E-state index contributed by atoms with van der Waals surface area (Å²) in [7, 11) is 2.29. The molecule has 220 valence electrons. The number of methoxy groups -OCH3 is 2. The second-order valence-electron chi connectivity index (χ2n) is 8.10. The molecular formula is C25H27N3O13. The molecule has 0 spiro atoms. The minimum atomic E-state index is -1.30. The molecule has 2 aromatic rings. The second kappa shape index (κ2) is 15.2. The molecule has 0 radical (unpaired) electrons. The molecule has 0 aliphatic carbocycles. The zero-order chi connectivity index (χ0) is 30.5. The summed E-state index contributed by atoms with van der Waals surface area (Å²) in [5, 5.41) is 29.8. The van der Waals surface area contributed by atoms with Crippen LogP contribution in [0.2, 0.25) is 0 Å². The van der Waals surface area contributed by atoms with Gasteiger partial charge in [-0.25, -0.2) is 0 Å². The first-order valence-electron chi connectivity index (χ1n) is 11.7. The summed E-state index contributed by atoms with van der Waals surface area (Å²) in [6.45, 7) is -2.69. The van der Waals surface area contributed by atoms with Crippen molar-refractivity contribution in [2.75, 3.05) is 63.4 Å². The van der Waals surface area contributed by atoms with E-state index >= 15 is 0 Å². The van der Waals surface area contributed by atoms with E-state index < -0.39 is 55.0 Å². The highest BCUT2D eigenvalue weighted by Crippen LogP contribution is 2.33. The van der Waals surface area contributed by atoms with Crippen molar-refractivity contribution in [3.8, 4) is 11.5 Å². The van der Waals surface area contributed by atoms with Crippen molar-refractivity contribution in [2.24, 2.45) is 0 Å². The molecule has 0 bridgehead atoms. The predicted molar refractivity (Wildman–Crippen MR) is 140 cm³/mol. The molecule has 0 aliphatic heterocycles. The molecule has 41 heavy (non-hydrogen) atoms. The van der Waals surface area contributed by atoms with E-state index in [0.717, 1.165) is 31.3 Å². The monoisotopic (exact) mass is 577 g/mol. The van der Waals surface area contributed by atoms with Gasteiger partial charge in [0.2, 0.25) is 0 Å². The van der Waals surface area contributed by atoms with Gasteiger partial charge in [0.25, 0.3) is 5.69 Å². The number of carboxylic acid groups (broad SMARTS) is 2. The summed E-state index contributed by atoms with van der Waals surface area (Å²) in [6.07, 6.45) is 0.512. The first kappa shape index (κ1) is 31.8. The Balaban J connectivity index is 2.33. The van der Waals surface area contributed by atoms with Gasteiger partial charge < -0.3 is 39.0 Å². The van der Waals surface area contributed by atoms with E-state index in [4.69, 9.17) is 9.47 Å². The number of aliphatic carboxylic acids is 2. The zero-order valence-electron chi connectivity index (χ0n) is 22.0. The number of nitro benzene ring substituents is 1. The standard InChI is InChI=1S/C25H27N3O13/c1-38-24(34)13-27(14-25(35)39-2)19-6-4-17(28(36)37)10-21(19)41-8-7-40-20-9-16(15-29)3-5-18(20)26(11-22(30)31)12-23(32)33/h3-6,9-10,15H,7-8,11-14H2,1-2H3,(H,30,31)(H,32,33). The van der Waals surface area contributed by atoms with Crippen LogP contribution >= 0.6 is 0 Å². The van der Waals surface area contributed by atoms with Crippen LogP contribution in [0.3, 0.4) is 0 Å². The molecule has 0 saturated carbocycles. The number of benzene rings is 2. The van der Waals surface area contributed by atoms with Crippen molar-refractivity contribution in [1.29, 1.82) is 0 Å². The minimum Gasteiger partial charge on any atom is -0.488 e. The van der Waals surface area contributed by atoms with Gasteiger partial charge in [-0.3, -0.25) is 34.1 Å². The number of aldehydes is 1. The highest BCUT2D eigenvalue weighted by Gasteiger charge is 2.23. The summed E-state index contributed by atoms with van der Waals surface area (Å²) in [5.74, 6) is -4.13. The first-order valence-corrected chi connectivity index (χ1v) is 11.7. The SMILES string of the molecule is COC(=O)CN(CC(=O)OC)c1ccc([N+](=O)[O-])cc1OCCOc1cc(C=O)ccc1N(CC(=O)O)CC(=O)O. The maximum atomic E-state index is 12.0. The smallest absolute Gasteiger partial charge is 0.325 e. The number of non-ortho nitro benzene ring substituents is 1. The Kier molecular flexibility index (Phi) is 11.8. The van der Waals surface area contributed by atoms with Gasteiger partial charge in [-0.2, -0.15) is 0 Å². The molecule has 2 aromatic carbocycles. The highest BCUT2D eigenvalue weighted by atomic mass is 16.6. The van der Waals surface area contributed by atoms with Crippen LogP contribution in [0.25, 0.3) is 0 Å². The van der Waals surface area contributed by atoms with Crippen LogP contribution in [-0.4, -0.2) is 98.9 Å². The van der Waals surface area contributed by atoms with Gasteiger partial charge in [-0.15, -0.1) is 0 Å². The van der Waals surface area contributed by atoms with Gasteiger partial charge in [0, 0.05) is 11.6 Å². The zero-order valence-corrected chi connectivity index (χ0v) is 22.0. The molecule has 2 rings (SSSR count). The Morgan fingerprint density at radius 1 is 0.805 bits per heavy atom. The lowest BCUT2D eigenvalue weighted by molar-refractivity contribution is -0.384. The van der Waals surface area contributed by atoms with Crippen molar-refractivity contribution >= 4 is 47.2 Å². The third-order valence-corrected chi connectivity index (χ3v) is 5.30. The molecule has 0 aliphatic rings. The molecule has 0 amide bonds. The van der Waals surface area contributed by atoms with E-state index in [0.29, 0.717) is 6.29 Å². The summed E-state index contributed by atoms with van der Waals surface area (Å²) in [5.41, 5.74) is 0.0279. The normalized spacial score (nSPS) is 10.2. The third-order valence-electron chi connectivity index (χ3n) is 5.30. The molecule has 0 saturated heterocycles. The van der Waals surface area contributed by atoms with Crippen LogP contribution in [0, 0.1) is 10.1 Å². The van der Waals surface area contributed by atoms with Crippen LogP contribution in [-0.2, 0) is 28.7 Å². The van der Waals surface area contributed by atoms with Crippen molar-refractivity contribution in [3.05, 3.63) is 52.1 Å². The quantitative estimate of drug-likeness (QED) is 0.0882. The first-order chi connectivity index (χ1) is 19.5. The number of rotatable bonds is 17. The molecular weight excluding hydrogens is 550 g/mol. The Hall–Kier alpha value is -5.41. The van der Waals surface area contributed by atoms with E-state index in [2.05, 4.69) is 9.47 Å². The number of esters is 2. The van der Waals surface area contributed by atoms with E-state index in [-0.39, 0.29) is 47.3 Å². The fraction of sp³-hybridized carbons (Fsp3) is 0.320. The number of ether oxygens (including phenoxy) is 4. The highest BCUT2D eigenvalue weighted by molar-refractivity contribution is 5.84. The second-order valence-corrected chi connectivity index (χ2v) is 8.10. The van der Waals surface area contributed by atoms with E-state index in [1.54, 1.807) is 0 Å². The van der Waals surface area contributed by atoms with Crippen molar-refractivity contribution in [1.82, 2.24) is 0 Å². The number of nitrogens with zero attached hydrogens (tertiary/aromatic N) is 3. The summed E-state index contributed by atoms with van der Waals surface area (Å²) < 4.78 is 20.7. The van der Waals surface area contributed by atoms with E-state index in [9.17, 15) is 44.3 Å². The topological polar surface area (TPSA) is 212 Å². The molecule has 2 N–H and O–H groups in total. The van der Waals surface area contributed by atoms with Gasteiger partial charge in [-0.1, -0.05) is 0 Å². The third kappa shape index (κ3) is 9.68. The predicted octanol–water partition coefficient (Wildman–Crippen LogP) is 0.993. The Bertz CT molecular complexity index is 1260. The molecule has 16 heteroatoms. The lowest BCUT2D eigenvalue weighted by atomic mass is 10.2. The number of carbonyl (C=O) groups excluding carboxylic acids is 3. The summed E-state index contributed by atoms with van der Waals surface area (Å²) in [6, 6.07) is 7.48. The van der Waals surface area contributed by atoms with Gasteiger partial charge in [0.05, 0.1) is 36.6 Å². The largest absolute Gasteiger partial charge is 0.488 e. The van der Waals surface area contributed by atoms with Crippen LogP contribution < -0.4 is 19.3 Å². The van der Waals surface area contributed by atoms with E-state index in [1.165, 1.54) is 29.2 Å². The van der Waals surface area contributed by atoms with Gasteiger partial charge >= 0.3 is 23.9 Å². The van der Waals surface area contributed by atoms with Crippen molar-refractivity contribution in [3.63, 3.8) is 0 Å². The van der Waals surface area contributed by atoms with E-state index in [1.807, 2.05) is 0 Å². The maximum absolute atomic E-state index is 12.0. The van der Waals surface area contributed by atoms with Crippen molar-refractivity contribution < 1.29 is 58.1 Å². The minimum absolute atomic E-state index is 0.0158. The average Bonchev–Trinajstić information content (AvgIpc) is 2.93. The van der Waals surface area contributed by atoms with Gasteiger partial charge in [-0.05, 0) is 24.3 Å². The van der Waals surface area contributed by atoms with Crippen LogP contribution in [0.5, 0.6) is 11.5 Å². The molecule has 16 nitrogen and oxygen atoms in total. The molecule has 0 heterocycles. The average molecular weight is 577 g/mol. The number of anilines is 2. The molecule has 0 unspecified atom stereocenters.